The maximum atomic E-state index is 13.3. The standard InChI is InChI=1S/C21H21F3N3O3.BrH/c22-21(23,24)16-5-4-6-18(13-16)26-19-7-2-1-3-12-25(19)14-20(26,28)15-8-10-17(11-9-15)27(29)30;/h4-6,8-11,13,28H,1-3,7,12,14H2;1H/q+1;/p-1. The van der Waals surface area contributed by atoms with Crippen molar-refractivity contribution in [3.63, 3.8) is 0 Å². The number of nitro benzene ring substituents is 1. The largest absolute Gasteiger partial charge is 1.00 e. The molecule has 2 aliphatic rings. The fraction of sp³-hybridized carbons (Fsp3) is 0.381. The van der Waals surface area contributed by atoms with Gasteiger partial charge in [0, 0.05) is 24.1 Å². The third kappa shape index (κ3) is 4.31. The Hall–Kier alpha value is -2.46. The average Bonchev–Trinajstić information content (AvgIpc) is 2.83. The Balaban J connectivity index is 0.00000272. The fourth-order valence-electron chi connectivity index (χ4n) is 4.28. The lowest BCUT2D eigenvalue weighted by Gasteiger charge is -2.29. The minimum absolute atomic E-state index is 0. The van der Waals surface area contributed by atoms with Gasteiger partial charge in [-0.2, -0.15) is 18.1 Å². The van der Waals surface area contributed by atoms with Gasteiger partial charge in [-0.25, -0.2) is 0 Å². The van der Waals surface area contributed by atoms with Crippen molar-refractivity contribution in [3.8, 4) is 0 Å². The summed E-state index contributed by atoms with van der Waals surface area (Å²) >= 11 is 0. The van der Waals surface area contributed by atoms with Crippen LogP contribution in [0.15, 0.2) is 48.5 Å². The zero-order valence-electron chi connectivity index (χ0n) is 16.5. The highest BCUT2D eigenvalue weighted by molar-refractivity contribution is 5.97. The maximum absolute atomic E-state index is 13.3. The quantitative estimate of drug-likeness (QED) is 0.392. The third-order valence-electron chi connectivity index (χ3n) is 5.70. The van der Waals surface area contributed by atoms with Gasteiger partial charge in [0.15, 0.2) is 6.54 Å². The molecule has 0 aromatic heterocycles. The molecule has 4 rings (SSSR count). The van der Waals surface area contributed by atoms with E-state index in [2.05, 4.69) is 0 Å². The molecule has 2 aliphatic heterocycles. The van der Waals surface area contributed by atoms with E-state index in [0.717, 1.165) is 37.2 Å². The van der Waals surface area contributed by atoms with Gasteiger partial charge in [0.2, 0.25) is 0 Å². The van der Waals surface area contributed by atoms with Gasteiger partial charge in [0.25, 0.3) is 17.2 Å². The van der Waals surface area contributed by atoms with Gasteiger partial charge in [0.1, 0.15) is 5.69 Å². The van der Waals surface area contributed by atoms with E-state index in [0.29, 0.717) is 18.5 Å². The van der Waals surface area contributed by atoms with E-state index in [1.165, 1.54) is 30.3 Å². The summed E-state index contributed by atoms with van der Waals surface area (Å²) in [7, 11) is 0. The van der Waals surface area contributed by atoms with Crippen molar-refractivity contribution < 1.29 is 44.8 Å². The third-order valence-corrected chi connectivity index (χ3v) is 5.70. The number of alkyl halides is 3. The molecule has 1 atom stereocenters. The van der Waals surface area contributed by atoms with E-state index < -0.39 is 22.4 Å². The van der Waals surface area contributed by atoms with E-state index in [1.807, 2.05) is 4.58 Å². The Morgan fingerprint density at radius 3 is 2.45 bits per heavy atom. The molecule has 0 bridgehead atoms. The highest BCUT2D eigenvalue weighted by Crippen LogP contribution is 2.40. The number of non-ortho nitro benzene ring substituents is 1. The van der Waals surface area contributed by atoms with Crippen LogP contribution in [0.5, 0.6) is 0 Å². The molecule has 1 unspecified atom stereocenters. The van der Waals surface area contributed by atoms with Crippen LogP contribution in [0.4, 0.5) is 24.5 Å². The molecule has 0 saturated heterocycles. The Morgan fingerprint density at radius 2 is 1.81 bits per heavy atom. The highest BCUT2D eigenvalue weighted by Gasteiger charge is 2.54. The summed E-state index contributed by atoms with van der Waals surface area (Å²) in [6.45, 7) is 0.872. The van der Waals surface area contributed by atoms with Gasteiger partial charge in [-0.05, 0) is 49.6 Å². The first-order chi connectivity index (χ1) is 14.2. The SMILES string of the molecule is O=[N+]([O-])c1ccc(C2(O)C[N+]3=C(CCCCC3)N2c2cccc(C(F)(F)F)c2)cc1.[Br-]. The lowest BCUT2D eigenvalue weighted by molar-refractivity contribution is -0.534. The van der Waals surface area contributed by atoms with Crippen molar-refractivity contribution in [2.45, 2.75) is 37.6 Å². The Kier molecular flexibility index (Phi) is 6.43. The number of nitrogens with zero attached hydrogens (tertiary/aromatic N) is 3. The van der Waals surface area contributed by atoms with Gasteiger partial charge in [-0.3, -0.25) is 14.7 Å². The summed E-state index contributed by atoms with van der Waals surface area (Å²) in [6.07, 6.45) is -1.07. The molecule has 1 N–H and O–H groups in total. The predicted octanol–water partition coefficient (Wildman–Crippen LogP) is 1.27. The van der Waals surface area contributed by atoms with E-state index in [1.54, 1.807) is 11.0 Å². The number of nitro groups is 1. The molecule has 10 heteroatoms. The van der Waals surface area contributed by atoms with Crippen LogP contribution in [-0.2, 0) is 11.9 Å². The van der Waals surface area contributed by atoms with Crippen molar-refractivity contribution in [1.82, 2.24) is 0 Å². The average molecular weight is 500 g/mol. The first kappa shape index (κ1) is 23.2. The smallest absolute Gasteiger partial charge is 0.416 e. The van der Waals surface area contributed by atoms with Crippen LogP contribution in [0.25, 0.3) is 0 Å². The Labute approximate surface area is 187 Å². The van der Waals surface area contributed by atoms with Crippen molar-refractivity contribution in [3.05, 3.63) is 69.8 Å². The summed E-state index contributed by atoms with van der Waals surface area (Å²) in [5, 5.41) is 22.7. The fourth-order valence-corrected chi connectivity index (χ4v) is 4.28. The van der Waals surface area contributed by atoms with E-state index in [9.17, 15) is 28.4 Å². The van der Waals surface area contributed by atoms with Crippen molar-refractivity contribution in [2.24, 2.45) is 0 Å². The molecular weight excluding hydrogens is 479 g/mol. The number of aliphatic hydroxyl groups is 1. The van der Waals surface area contributed by atoms with Crippen LogP contribution >= 0.6 is 0 Å². The zero-order valence-corrected chi connectivity index (χ0v) is 18.1. The summed E-state index contributed by atoms with van der Waals surface area (Å²) in [5.74, 6) is 0.771. The van der Waals surface area contributed by atoms with Crippen LogP contribution in [0.3, 0.4) is 0 Å². The molecule has 0 amide bonds. The highest BCUT2D eigenvalue weighted by atomic mass is 79.9. The molecule has 2 heterocycles. The first-order valence-electron chi connectivity index (χ1n) is 9.76. The van der Waals surface area contributed by atoms with Crippen molar-refractivity contribution in [1.29, 1.82) is 0 Å². The van der Waals surface area contributed by atoms with Gasteiger partial charge in [-0.15, -0.1) is 0 Å². The monoisotopic (exact) mass is 499 g/mol. The molecule has 0 radical (unpaired) electrons. The van der Waals surface area contributed by atoms with Crippen LogP contribution < -0.4 is 21.9 Å². The van der Waals surface area contributed by atoms with Crippen LogP contribution in [0.2, 0.25) is 0 Å². The summed E-state index contributed by atoms with van der Waals surface area (Å²) in [4.78, 5) is 12.0. The van der Waals surface area contributed by atoms with E-state index in [-0.39, 0.29) is 34.9 Å². The second kappa shape index (κ2) is 8.58. The topological polar surface area (TPSA) is 69.6 Å². The molecular formula is C21H21BrF3N3O3. The number of amidine groups is 1. The molecule has 2 aromatic carbocycles. The second-order valence-electron chi connectivity index (χ2n) is 7.65. The Morgan fingerprint density at radius 1 is 1.10 bits per heavy atom. The molecule has 31 heavy (non-hydrogen) atoms. The van der Waals surface area contributed by atoms with E-state index in [4.69, 9.17) is 0 Å². The number of rotatable bonds is 3. The number of anilines is 1. The van der Waals surface area contributed by atoms with Crippen molar-refractivity contribution >= 4 is 17.2 Å². The van der Waals surface area contributed by atoms with Gasteiger partial charge >= 0.3 is 6.18 Å². The molecule has 0 saturated carbocycles. The zero-order chi connectivity index (χ0) is 21.5. The van der Waals surface area contributed by atoms with Crippen LogP contribution in [0.1, 0.15) is 36.8 Å². The molecule has 2 aromatic rings. The number of halogens is 4. The Bertz CT molecular complexity index is 1010. The summed E-state index contributed by atoms with van der Waals surface area (Å²) in [6, 6.07) is 10.4. The van der Waals surface area contributed by atoms with Crippen molar-refractivity contribution in [2.75, 3.05) is 18.0 Å². The minimum Gasteiger partial charge on any atom is -1.00 e. The molecule has 0 spiro atoms. The lowest BCUT2D eigenvalue weighted by Crippen LogP contribution is -3.00. The molecule has 166 valence electrons. The number of hydrogen-bond donors (Lipinski definition) is 1. The predicted molar refractivity (Wildman–Crippen MR) is 104 cm³/mol. The molecule has 6 nitrogen and oxygen atoms in total. The van der Waals surface area contributed by atoms with Crippen LogP contribution in [-0.4, -0.2) is 33.5 Å². The van der Waals surface area contributed by atoms with Gasteiger partial charge in [-0.1, -0.05) is 6.07 Å². The molecule has 0 aliphatic carbocycles. The van der Waals surface area contributed by atoms with Crippen LogP contribution in [0, 0.1) is 10.1 Å². The maximum Gasteiger partial charge on any atom is 0.416 e. The van der Waals surface area contributed by atoms with Gasteiger partial charge in [0.05, 0.1) is 17.0 Å². The van der Waals surface area contributed by atoms with E-state index >= 15 is 0 Å². The molecule has 0 fully saturated rings. The van der Waals surface area contributed by atoms with Gasteiger partial charge < -0.3 is 22.1 Å². The second-order valence-corrected chi connectivity index (χ2v) is 7.65. The normalized spacial score (nSPS) is 21.4. The summed E-state index contributed by atoms with van der Waals surface area (Å²) in [5.41, 5.74) is -1.91. The number of hydrogen-bond acceptors (Lipinski definition) is 4. The first-order valence-corrected chi connectivity index (χ1v) is 9.76. The summed E-state index contributed by atoms with van der Waals surface area (Å²) < 4.78 is 42.0. The number of benzene rings is 2. The minimum atomic E-state index is -4.50. The lowest BCUT2D eigenvalue weighted by atomic mass is 9.99.